The van der Waals surface area contributed by atoms with Gasteiger partial charge in [0.05, 0.1) is 0 Å². The summed E-state index contributed by atoms with van der Waals surface area (Å²) in [6, 6.07) is 7.38. The summed E-state index contributed by atoms with van der Waals surface area (Å²) < 4.78 is 1.21. The Hall–Kier alpha value is -0.380. The third kappa shape index (κ3) is 3.84. The van der Waals surface area contributed by atoms with Crippen LogP contribution < -0.4 is 5.73 Å². The lowest BCUT2D eigenvalue weighted by atomic mass is 9.83. The monoisotopic (exact) mass is 338 g/mol. The molecule has 1 aromatic carbocycles. The van der Waals surface area contributed by atoms with Gasteiger partial charge in [-0.3, -0.25) is 4.90 Å². The molecular formula is C17H27BrN2. The first-order valence-electron chi connectivity index (χ1n) is 7.84. The molecule has 1 aliphatic rings. The van der Waals surface area contributed by atoms with Crippen LogP contribution in [0.15, 0.2) is 22.7 Å². The van der Waals surface area contributed by atoms with Gasteiger partial charge in [0.2, 0.25) is 0 Å². The van der Waals surface area contributed by atoms with E-state index in [2.05, 4.69) is 52.9 Å². The average Bonchev–Trinajstić information content (AvgIpc) is 2.48. The Morgan fingerprint density at radius 2 is 2.05 bits per heavy atom. The van der Waals surface area contributed by atoms with Gasteiger partial charge in [-0.25, -0.2) is 0 Å². The minimum absolute atomic E-state index is 0.666. The number of benzene rings is 1. The van der Waals surface area contributed by atoms with Gasteiger partial charge < -0.3 is 5.73 Å². The largest absolute Gasteiger partial charge is 0.330 e. The second-order valence-electron chi connectivity index (χ2n) is 5.99. The Bertz CT molecular complexity index is 433. The van der Waals surface area contributed by atoms with Crippen molar-refractivity contribution in [2.45, 2.75) is 52.1 Å². The van der Waals surface area contributed by atoms with E-state index in [0.29, 0.717) is 12.0 Å². The molecule has 2 unspecified atom stereocenters. The smallest absolute Gasteiger partial charge is 0.0237 e. The van der Waals surface area contributed by atoms with E-state index in [1.807, 2.05) is 0 Å². The number of hydrogen-bond donors (Lipinski definition) is 1. The third-order valence-corrected chi connectivity index (χ3v) is 5.52. The maximum absolute atomic E-state index is 5.99. The van der Waals surface area contributed by atoms with Crippen molar-refractivity contribution < 1.29 is 0 Å². The molecule has 0 aromatic heterocycles. The fourth-order valence-electron chi connectivity index (χ4n) is 3.38. The van der Waals surface area contributed by atoms with Crippen molar-refractivity contribution >= 4 is 15.9 Å². The number of rotatable bonds is 5. The van der Waals surface area contributed by atoms with Crippen LogP contribution >= 0.6 is 15.9 Å². The molecule has 20 heavy (non-hydrogen) atoms. The highest BCUT2D eigenvalue weighted by atomic mass is 79.9. The molecular weight excluding hydrogens is 312 g/mol. The topological polar surface area (TPSA) is 29.3 Å². The van der Waals surface area contributed by atoms with E-state index in [1.165, 1.54) is 41.3 Å². The van der Waals surface area contributed by atoms with Crippen LogP contribution in [0.4, 0.5) is 0 Å². The first-order valence-corrected chi connectivity index (χ1v) is 8.64. The molecule has 0 heterocycles. The number of nitrogens with two attached hydrogens (primary N) is 1. The average molecular weight is 339 g/mol. The van der Waals surface area contributed by atoms with Crippen molar-refractivity contribution in [1.29, 1.82) is 0 Å². The molecule has 3 heteroatoms. The van der Waals surface area contributed by atoms with Crippen molar-refractivity contribution in [3.63, 3.8) is 0 Å². The molecule has 0 bridgehead atoms. The van der Waals surface area contributed by atoms with E-state index in [0.717, 1.165) is 19.6 Å². The molecule has 2 rings (SSSR count). The molecule has 0 radical (unpaired) electrons. The summed E-state index contributed by atoms with van der Waals surface area (Å²) >= 11 is 3.64. The van der Waals surface area contributed by atoms with Gasteiger partial charge in [-0.15, -0.1) is 0 Å². The second-order valence-corrected chi connectivity index (χ2v) is 6.85. The van der Waals surface area contributed by atoms with Gasteiger partial charge in [0.1, 0.15) is 0 Å². The Balaban J connectivity index is 2.09. The zero-order valence-electron chi connectivity index (χ0n) is 12.7. The highest BCUT2D eigenvalue weighted by molar-refractivity contribution is 9.10. The molecule has 1 saturated carbocycles. The summed E-state index contributed by atoms with van der Waals surface area (Å²) in [5.41, 5.74) is 8.68. The minimum Gasteiger partial charge on any atom is -0.330 e. The van der Waals surface area contributed by atoms with Crippen molar-refractivity contribution in [3.8, 4) is 0 Å². The van der Waals surface area contributed by atoms with Crippen LogP contribution in [0.1, 0.15) is 43.7 Å². The van der Waals surface area contributed by atoms with Gasteiger partial charge in [-0.05, 0) is 56.0 Å². The number of nitrogens with zero attached hydrogens (tertiary/aromatic N) is 1. The lowest BCUT2D eigenvalue weighted by molar-refractivity contribution is 0.105. The molecule has 1 aromatic rings. The summed E-state index contributed by atoms with van der Waals surface area (Å²) in [4.78, 5) is 2.62. The van der Waals surface area contributed by atoms with Crippen LogP contribution in [0, 0.1) is 12.8 Å². The summed E-state index contributed by atoms with van der Waals surface area (Å²) in [6.45, 7) is 7.38. The van der Waals surface area contributed by atoms with Crippen LogP contribution in [-0.2, 0) is 6.54 Å². The van der Waals surface area contributed by atoms with Crippen molar-refractivity contribution in [2.24, 2.45) is 11.7 Å². The first kappa shape index (κ1) is 16.0. The van der Waals surface area contributed by atoms with E-state index in [4.69, 9.17) is 5.73 Å². The molecule has 1 aliphatic carbocycles. The van der Waals surface area contributed by atoms with Crippen LogP contribution in [0.2, 0.25) is 0 Å². The zero-order valence-corrected chi connectivity index (χ0v) is 14.3. The Morgan fingerprint density at radius 3 is 2.70 bits per heavy atom. The molecule has 112 valence electrons. The molecule has 0 amide bonds. The predicted octanol–water partition coefficient (Wildman–Crippen LogP) is 4.10. The summed E-state index contributed by atoms with van der Waals surface area (Å²) in [5.74, 6) is 0.678. The van der Waals surface area contributed by atoms with Crippen molar-refractivity contribution in [2.75, 3.05) is 13.1 Å². The second kappa shape index (κ2) is 7.58. The van der Waals surface area contributed by atoms with Gasteiger partial charge in [0, 0.05) is 17.1 Å². The Kier molecular flexibility index (Phi) is 6.06. The maximum atomic E-state index is 5.99. The fraction of sp³-hybridized carbons (Fsp3) is 0.647. The maximum Gasteiger partial charge on any atom is 0.0237 e. The van der Waals surface area contributed by atoms with Gasteiger partial charge in [-0.1, -0.05) is 47.8 Å². The van der Waals surface area contributed by atoms with E-state index in [9.17, 15) is 0 Å². The molecule has 0 spiro atoms. The Morgan fingerprint density at radius 1 is 1.30 bits per heavy atom. The van der Waals surface area contributed by atoms with Gasteiger partial charge >= 0.3 is 0 Å². The highest BCUT2D eigenvalue weighted by Crippen LogP contribution is 2.29. The van der Waals surface area contributed by atoms with E-state index in [1.54, 1.807) is 0 Å². The summed E-state index contributed by atoms with van der Waals surface area (Å²) in [5, 5.41) is 0. The standard InChI is InChI=1S/C17H27BrN2/c1-3-20(17-7-5-4-6-15(17)11-19)12-14-9-8-13(2)16(18)10-14/h8-10,15,17H,3-7,11-12,19H2,1-2H3. The normalized spacial score (nSPS) is 23.2. The third-order valence-electron chi connectivity index (χ3n) is 4.67. The quantitative estimate of drug-likeness (QED) is 0.875. The number of hydrogen-bond acceptors (Lipinski definition) is 2. The van der Waals surface area contributed by atoms with Crippen LogP contribution in [0.5, 0.6) is 0 Å². The predicted molar refractivity (Wildman–Crippen MR) is 89.8 cm³/mol. The van der Waals surface area contributed by atoms with Crippen molar-refractivity contribution in [1.82, 2.24) is 4.90 Å². The minimum atomic E-state index is 0.666. The number of aryl methyl sites for hydroxylation is 1. The molecule has 0 saturated heterocycles. The summed E-state index contributed by atoms with van der Waals surface area (Å²) in [6.07, 6.45) is 5.32. The first-order chi connectivity index (χ1) is 9.65. The lowest BCUT2D eigenvalue weighted by Crippen LogP contribution is -2.44. The van der Waals surface area contributed by atoms with Gasteiger partial charge in [0.25, 0.3) is 0 Å². The van der Waals surface area contributed by atoms with E-state index in [-0.39, 0.29) is 0 Å². The zero-order chi connectivity index (χ0) is 14.5. The summed E-state index contributed by atoms with van der Waals surface area (Å²) in [7, 11) is 0. The SMILES string of the molecule is CCN(Cc1ccc(C)c(Br)c1)C1CCCCC1CN. The van der Waals surface area contributed by atoms with E-state index >= 15 is 0 Å². The molecule has 2 N–H and O–H groups in total. The van der Waals surface area contributed by atoms with E-state index < -0.39 is 0 Å². The van der Waals surface area contributed by atoms with Crippen LogP contribution in [0.25, 0.3) is 0 Å². The molecule has 2 nitrogen and oxygen atoms in total. The van der Waals surface area contributed by atoms with Crippen molar-refractivity contribution in [3.05, 3.63) is 33.8 Å². The van der Waals surface area contributed by atoms with Gasteiger partial charge in [0.15, 0.2) is 0 Å². The molecule has 0 aliphatic heterocycles. The lowest BCUT2D eigenvalue weighted by Gasteiger charge is -2.39. The fourth-order valence-corrected chi connectivity index (χ4v) is 3.80. The van der Waals surface area contributed by atoms with Crippen LogP contribution in [-0.4, -0.2) is 24.0 Å². The van der Waals surface area contributed by atoms with Gasteiger partial charge in [-0.2, -0.15) is 0 Å². The highest BCUT2D eigenvalue weighted by Gasteiger charge is 2.28. The van der Waals surface area contributed by atoms with Crippen LogP contribution in [0.3, 0.4) is 0 Å². The number of halogens is 1. The Labute approximate surface area is 131 Å². The molecule has 2 atom stereocenters. The molecule has 1 fully saturated rings.